The van der Waals surface area contributed by atoms with Gasteiger partial charge >= 0.3 is 0 Å². The Morgan fingerprint density at radius 3 is 2.84 bits per heavy atom. The number of hydrogen-bond donors (Lipinski definition) is 1. The number of hydrogen-bond acceptors (Lipinski definition) is 8. The van der Waals surface area contributed by atoms with Crippen molar-refractivity contribution < 1.29 is 4.79 Å². The summed E-state index contributed by atoms with van der Waals surface area (Å²) in [5.74, 6) is 0.437. The van der Waals surface area contributed by atoms with E-state index in [0.717, 1.165) is 10.6 Å². The molecule has 0 saturated heterocycles. The lowest BCUT2D eigenvalue weighted by molar-refractivity contribution is 0.0950. The second-order valence-corrected chi connectivity index (χ2v) is 8.39. The first-order chi connectivity index (χ1) is 15.6. The van der Waals surface area contributed by atoms with Crippen molar-refractivity contribution in [2.75, 3.05) is 0 Å². The topological polar surface area (TPSA) is 116 Å². The van der Waals surface area contributed by atoms with Gasteiger partial charge in [0.1, 0.15) is 5.69 Å². The molecule has 160 valence electrons. The van der Waals surface area contributed by atoms with Gasteiger partial charge < -0.3 is 5.32 Å². The summed E-state index contributed by atoms with van der Waals surface area (Å²) in [6, 6.07) is 5.88. The van der Waals surface area contributed by atoms with Crippen molar-refractivity contribution in [2.45, 2.75) is 26.8 Å². The van der Waals surface area contributed by atoms with E-state index in [1.807, 2.05) is 11.3 Å². The second kappa shape index (κ2) is 8.27. The summed E-state index contributed by atoms with van der Waals surface area (Å²) in [6.45, 7) is 4.30. The predicted octanol–water partition coefficient (Wildman–Crippen LogP) is 2.63. The molecule has 0 aliphatic carbocycles. The molecule has 5 heterocycles. The van der Waals surface area contributed by atoms with Crippen molar-refractivity contribution in [1.29, 1.82) is 0 Å². The van der Waals surface area contributed by atoms with Crippen molar-refractivity contribution in [1.82, 2.24) is 44.9 Å². The van der Waals surface area contributed by atoms with Gasteiger partial charge in [0, 0.05) is 29.9 Å². The molecule has 11 heteroatoms. The second-order valence-electron chi connectivity index (χ2n) is 7.10. The minimum atomic E-state index is -0.244. The molecule has 0 radical (unpaired) electrons. The van der Waals surface area contributed by atoms with Crippen molar-refractivity contribution in [3.8, 4) is 16.3 Å². The zero-order valence-electron chi connectivity index (χ0n) is 17.4. The highest BCUT2D eigenvalue weighted by molar-refractivity contribution is 7.15. The number of fused-ring (bicyclic) bond motifs is 1. The Morgan fingerprint density at radius 1 is 1.19 bits per heavy atom. The molecule has 0 saturated carbocycles. The number of tetrazole rings is 1. The lowest BCUT2D eigenvalue weighted by Gasteiger charge is -2.11. The summed E-state index contributed by atoms with van der Waals surface area (Å²) in [7, 11) is 0. The van der Waals surface area contributed by atoms with E-state index in [4.69, 9.17) is 0 Å². The Balaban J connectivity index is 1.61. The molecule has 5 rings (SSSR count). The molecule has 0 unspecified atom stereocenters. The molecule has 10 nitrogen and oxygen atoms in total. The molecule has 0 aromatic carbocycles. The number of carbonyl (C=O) groups is 1. The highest BCUT2D eigenvalue weighted by atomic mass is 32.1. The minimum Gasteiger partial charge on any atom is -0.346 e. The van der Waals surface area contributed by atoms with Crippen LogP contribution in [0, 0.1) is 6.92 Å². The van der Waals surface area contributed by atoms with Gasteiger partial charge in [0.15, 0.2) is 11.5 Å². The van der Waals surface area contributed by atoms with Crippen LogP contribution in [0.3, 0.4) is 0 Å². The molecule has 32 heavy (non-hydrogen) atoms. The fourth-order valence-electron chi connectivity index (χ4n) is 3.41. The van der Waals surface area contributed by atoms with E-state index < -0.39 is 0 Å². The number of thiophene rings is 1. The smallest absolute Gasteiger partial charge is 0.253 e. The largest absolute Gasteiger partial charge is 0.346 e. The molecule has 0 spiro atoms. The average Bonchev–Trinajstić information content (AvgIpc) is 3.56. The van der Waals surface area contributed by atoms with Crippen LogP contribution in [0.15, 0.2) is 49.2 Å². The summed E-state index contributed by atoms with van der Waals surface area (Å²) in [5.41, 5.74) is 3.33. The van der Waals surface area contributed by atoms with Crippen LogP contribution in [-0.4, -0.2) is 45.5 Å². The third kappa shape index (κ3) is 3.62. The molecule has 0 atom stereocenters. The number of carbonyl (C=O) groups excluding carboxylic acids is 1. The zero-order chi connectivity index (χ0) is 22.1. The van der Waals surface area contributed by atoms with Crippen molar-refractivity contribution >= 4 is 22.9 Å². The van der Waals surface area contributed by atoms with Gasteiger partial charge in [0.2, 0.25) is 0 Å². The van der Waals surface area contributed by atoms with Crippen LogP contribution in [0.25, 0.3) is 21.9 Å². The molecule has 1 N–H and O–H groups in total. The highest BCUT2D eigenvalue weighted by Crippen LogP contribution is 2.30. The van der Waals surface area contributed by atoms with E-state index in [1.165, 1.54) is 4.88 Å². The van der Waals surface area contributed by atoms with Gasteiger partial charge in [-0.25, -0.2) is 4.98 Å². The van der Waals surface area contributed by atoms with Crippen LogP contribution in [-0.2, 0) is 13.0 Å². The van der Waals surface area contributed by atoms with Crippen LogP contribution in [0.2, 0.25) is 0 Å². The first-order valence-electron chi connectivity index (χ1n) is 10.0. The molecule has 0 aliphatic heterocycles. The fourth-order valence-corrected chi connectivity index (χ4v) is 4.29. The first kappa shape index (κ1) is 19.9. The van der Waals surface area contributed by atoms with Gasteiger partial charge in [-0.3, -0.25) is 19.2 Å². The SMILES string of the molecule is CCc1nnnn1-c1cc(C(=O)NCc2cnccn2)cn2c(-c3ccc(C)s3)cnc12. The molecule has 0 fully saturated rings. The monoisotopic (exact) mass is 445 g/mol. The quantitative estimate of drug-likeness (QED) is 0.427. The molecular formula is C21H19N9OS. The maximum atomic E-state index is 13.1. The third-order valence-corrected chi connectivity index (χ3v) is 5.99. The predicted molar refractivity (Wildman–Crippen MR) is 119 cm³/mol. The molecule has 5 aromatic heterocycles. The van der Waals surface area contributed by atoms with Crippen LogP contribution in [0.1, 0.15) is 33.7 Å². The van der Waals surface area contributed by atoms with Gasteiger partial charge in [0.05, 0.1) is 40.8 Å². The van der Waals surface area contributed by atoms with Gasteiger partial charge in [0.25, 0.3) is 5.91 Å². The number of imidazole rings is 1. The van der Waals surface area contributed by atoms with Crippen LogP contribution >= 0.6 is 11.3 Å². The number of amides is 1. The Hall–Kier alpha value is -3.99. The third-order valence-electron chi connectivity index (χ3n) is 4.97. The standard InChI is InChI=1S/C21H19N9OS/c1-3-19-26-27-28-30(19)16-8-14(21(31)25-10-15-9-22-6-7-23-15)12-29-17(11-24-20(16)29)18-5-4-13(2)32-18/h4-9,11-12H,3,10H2,1-2H3,(H,25,31). The number of rotatable bonds is 6. The number of pyridine rings is 1. The Kier molecular flexibility index (Phi) is 5.15. The van der Waals surface area contributed by atoms with E-state index in [0.29, 0.717) is 34.8 Å². The molecular weight excluding hydrogens is 426 g/mol. The van der Waals surface area contributed by atoms with Crippen molar-refractivity contribution in [3.05, 3.63) is 71.1 Å². The maximum absolute atomic E-state index is 13.1. The zero-order valence-corrected chi connectivity index (χ0v) is 18.2. The Labute approximate surface area is 187 Å². The van der Waals surface area contributed by atoms with Gasteiger partial charge in [-0.1, -0.05) is 6.92 Å². The molecule has 0 bridgehead atoms. The van der Waals surface area contributed by atoms with E-state index in [2.05, 4.69) is 54.9 Å². The van der Waals surface area contributed by atoms with Crippen LogP contribution in [0.5, 0.6) is 0 Å². The number of nitrogens with zero attached hydrogens (tertiary/aromatic N) is 8. The summed E-state index contributed by atoms with van der Waals surface area (Å²) in [6.07, 6.45) is 9.04. The summed E-state index contributed by atoms with van der Waals surface area (Å²) < 4.78 is 3.55. The number of nitrogens with one attached hydrogen (secondary N) is 1. The molecule has 5 aromatic rings. The van der Waals surface area contributed by atoms with Gasteiger partial charge in [-0.05, 0) is 35.5 Å². The number of aryl methyl sites for hydroxylation is 2. The van der Waals surface area contributed by atoms with Crippen molar-refractivity contribution in [3.63, 3.8) is 0 Å². The van der Waals surface area contributed by atoms with Crippen LogP contribution in [0.4, 0.5) is 0 Å². The lowest BCUT2D eigenvalue weighted by Crippen LogP contribution is -2.24. The van der Waals surface area contributed by atoms with E-state index >= 15 is 0 Å². The molecule has 0 aliphatic rings. The normalized spacial score (nSPS) is 11.2. The van der Waals surface area contributed by atoms with Gasteiger partial charge in [-0.2, -0.15) is 4.68 Å². The Morgan fingerprint density at radius 2 is 2.09 bits per heavy atom. The summed E-state index contributed by atoms with van der Waals surface area (Å²) >= 11 is 1.67. The fraction of sp³-hybridized carbons (Fsp3) is 0.190. The molecule has 1 amide bonds. The minimum absolute atomic E-state index is 0.244. The summed E-state index contributed by atoms with van der Waals surface area (Å²) in [5, 5.41) is 14.9. The maximum Gasteiger partial charge on any atom is 0.253 e. The first-order valence-corrected chi connectivity index (χ1v) is 10.8. The van der Waals surface area contributed by atoms with Gasteiger partial charge in [-0.15, -0.1) is 16.4 Å². The lowest BCUT2D eigenvalue weighted by atomic mass is 10.2. The van der Waals surface area contributed by atoms with E-state index in [-0.39, 0.29) is 12.5 Å². The average molecular weight is 446 g/mol. The van der Waals surface area contributed by atoms with E-state index in [9.17, 15) is 4.79 Å². The van der Waals surface area contributed by atoms with Crippen LogP contribution < -0.4 is 5.32 Å². The van der Waals surface area contributed by atoms with Crippen molar-refractivity contribution in [2.24, 2.45) is 0 Å². The number of aromatic nitrogens is 8. The summed E-state index contributed by atoms with van der Waals surface area (Å²) in [4.78, 5) is 28.2. The van der Waals surface area contributed by atoms with E-state index in [1.54, 1.807) is 53.1 Å². The highest BCUT2D eigenvalue weighted by Gasteiger charge is 2.19. The Bertz CT molecular complexity index is 1400.